The molecule has 0 saturated heterocycles. The van der Waals surface area contributed by atoms with Crippen LogP contribution < -0.4 is 10.6 Å². The summed E-state index contributed by atoms with van der Waals surface area (Å²) in [5, 5.41) is 15.9. The van der Waals surface area contributed by atoms with E-state index >= 15 is 0 Å². The van der Waals surface area contributed by atoms with Crippen LogP contribution in [-0.4, -0.2) is 30.2 Å². The van der Waals surface area contributed by atoms with Crippen LogP contribution in [0.2, 0.25) is 0 Å². The van der Waals surface area contributed by atoms with E-state index in [1.165, 1.54) is 11.1 Å². The van der Waals surface area contributed by atoms with Gasteiger partial charge in [0.15, 0.2) is 0 Å². The smallest absolute Gasteiger partial charge is 0.237 e. The molecule has 1 aromatic rings. The Hall–Kier alpha value is -1.39. The van der Waals surface area contributed by atoms with Crippen molar-refractivity contribution in [2.24, 2.45) is 5.41 Å². The summed E-state index contributed by atoms with van der Waals surface area (Å²) in [4.78, 5) is 12.3. The van der Waals surface area contributed by atoms with Gasteiger partial charge in [0.25, 0.3) is 0 Å². The lowest BCUT2D eigenvalue weighted by atomic mass is 9.83. The normalized spacial score (nSPS) is 18.1. The quantitative estimate of drug-likeness (QED) is 0.746. The lowest BCUT2D eigenvalue weighted by Crippen LogP contribution is -2.50. The van der Waals surface area contributed by atoms with Crippen LogP contribution in [0.4, 0.5) is 0 Å². The molecule has 0 fully saturated rings. The monoisotopic (exact) mass is 290 g/mol. The molecular weight excluding hydrogens is 264 g/mol. The predicted molar refractivity (Wildman–Crippen MR) is 83.9 cm³/mol. The number of carbonyl (C=O) groups excluding carboxylic acids is 1. The van der Waals surface area contributed by atoms with Crippen LogP contribution in [0.3, 0.4) is 0 Å². The van der Waals surface area contributed by atoms with Crippen LogP contribution in [0.25, 0.3) is 0 Å². The highest BCUT2D eigenvalue weighted by Crippen LogP contribution is 2.24. The van der Waals surface area contributed by atoms with E-state index in [4.69, 9.17) is 0 Å². The number of aliphatic hydroxyl groups excluding tert-OH is 1. The Morgan fingerprint density at radius 2 is 2.00 bits per heavy atom. The van der Waals surface area contributed by atoms with Crippen molar-refractivity contribution in [2.75, 3.05) is 13.2 Å². The number of fused-ring (bicyclic) bond motifs is 1. The largest absolute Gasteiger partial charge is 0.396 e. The summed E-state index contributed by atoms with van der Waals surface area (Å²) in [7, 11) is 0. The lowest BCUT2D eigenvalue weighted by Gasteiger charge is -2.31. The minimum atomic E-state index is -0.192. The Balaban J connectivity index is 1.93. The van der Waals surface area contributed by atoms with Gasteiger partial charge in [-0.05, 0) is 30.4 Å². The maximum absolute atomic E-state index is 12.3. The minimum absolute atomic E-state index is 0.0317. The third-order valence-electron chi connectivity index (χ3n) is 4.87. The number of rotatable bonds is 6. The van der Waals surface area contributed by atoms with Gasteiger partial charge in [-0.1, -0.05) is 38.1 Å². The van der Waals surface area contributed by atoms with Crippen LogP contribution in [0.5, 0.6) is 0 Å². The number of amides is 1. The van der Waals surface area contributed by atoms with Gasteiger partial charge in [0.05, 0.1) is 12.6 Å². The van der Waals surface area contributed by atoms with E-state index in [0.29, 0.717) is 6.54 Å². The van der Waals surface area contributed by atoms with Crippen LogP contribution in [0.15, 0.2) is 24.3 Å². The van der Waals surface area contributed by atoms with Gasteiger partial charge in [-0.2, -0.15) is 0 Å². The molecule has 21 heavy (non-hydrogen) atoms. The molecule has 0 aliphatic carbocycles. The van der Waals surface area contributed by atoms with Crippen molar-refractivity contribution >= 4 is 5.91 Å². The highest BCUT2D eigenvalue weighted by molar-refractivity contribution is 5.82. The maximum atomic E-state index is 12.3. The number of nitrogens with one attached hydrogen (secondary N) is 2. The maximum Gasteiger partial charge on any atom is 0.237 e. The average molecular weight is 290 g/mol. The first-order chi connectivity index (χ1) is 10.1. The Bertz CT molecular complexity index is 475. The number of hydrogen-bond donors (Lipinski definition) is 3. The molecule has 0 spiro atoms. The van der Waals surface area contributed by atoms with Gasteiger partial charge in [-0.25, -0.2) is 0 Å². The zero-order valence-corrected chi connectivity index (χ0v) is 13.0. The first kappa shape index (κ1) is 16.0. The highest BCUT2D eigenvalue weighted by atomic mass is 16.3. The summed E-state index contributed by atoms with van der Waals surface area (Å²) in [6, 6.07) is 8.06. The lowest BCUT2D eigenvalue weighted by molar-refractivity contribution is -0.124. The first-order valence-corrected chi connectivity index (χ1v) is 7.83. The number of aliphatic hydroxyl groups is 1. The molecule has 0 bridgehead atoms. The number of carbonyl (C=O) groups is 1. The van der Waals surface area contributed by atoms with E-state index in [-0.39, 0.29) is 24.0 Å². The standard InChI is InChI=1S/C17H26N2O2/c1-3-17(4-2,12-20)11-19-16(21)15-9-13-7-5-6-8-14(13)10-18-15/h5-8,15,18,20H,3-4,9-12H2,1-2H3,(H,19,21)/t15-/m0/s1. The van der Waals surface area contributed by atoms with Crippen molar-refractivity contribution in [3.05, 3.63) is 35.4 Å². The molecule has 4 nitrogen and oxygen atoms in total. The number of benzene rings is 1. The van der Waals surface area contributed by atoms with Gasteiger partial charge >= 0.3 is 0 Å². The topological polar surface area (TPSA) is 61.4 Å². The summed E-state index contributed by atoms with van der Waals surface area (Å²) >= 11 is 0. The van der Waals surface area contributed by atoms with E-state index in [0.717, 1.165) is 25.8 Å². The van der Waals surface area contributed by atoms with Crippen LogP contribution in [0, 0.1) is 5.41 Å². The fraction of sp³-hybridized carbons (Fsp3) is 0.588. The zero-order valence-electron chi connectivity index (χ0n) is 13.0. The molecule has 1 aromatic carbocycles. The Morgan fingerprint density at radius 1 is 1.33 bits per heavy atom. The fourth-order valence-corrected chi connectivity index (χ4v) is 2.82. The summed E-state index contributed by atoms with van der Waals surface area (Å²) in [6.07, 6.45) is 2.45. The van der Waals surface area contributed by atoms with Crippen LogP contribution in [-0.2, 0) is 17.8 Å². The molecule has 1 aliphatic heterocycles. The summed E-state index contributed by atoms with van der Waals surface area (Å²) in [6.45, 7) is 5.50. The van der Waals surface area contributed by atoms with Gasteiger partial charge in [0.1, 0.15) is 0 Å². The molecule has 0 saturated carbocycles. The molecule has 0 unspecified atom stereocenters. The van der Waals surface area contributed by atoms with E-state index < -0.39 is 0 Å². The van der Waals surface area contributed by atoms with Crippen molar-refractivity contribution in [2.45, 2.75) is 45.7 Å². The van der Waals surface area contributed by atoms with Crippen molar-refractivity contribution in [3.8, 4) is 0 Å². The molecular formula is C17H26N2O2. The zero-order chi connectivity index (χ0) is 15.3. The summed E-state index contributed by atoms with van der Waals surface area (Å²) in [5.74, 6) is 0.0317. The molecule has 4 heteroatoms. The van der Waals surface area contributed by atoms with Gasteiger partial charge in [-0.3, -0.25) is 4.79 Å². The van der Waals surface area contributed by atoms with Gasteiger partial charge < -0.3 is 15.7 Å². The summed E-state index contributed by atoms with van der Waals surface area (Å²) < 4.78 is 0. The second kappa shape index (κ2) is 7.05. The second-order valence-corrected chi connectivity index (χ2v) is 5.99. The minimum Gasteiger partial charge on any atom is -0.396 e. The van der Waals surface area contributed by atoms with E-state index in [1.807, 2.05) is 12.1 Å². The molecule has 2 rings (SSSR count). The predicted octanol–water partition coefficient (Wildman–Crippen LogP) is 1.62. The van der Waals surface area contributed by atoms with Crippen molar-refractivity contribution < 1.29 is 9.90 Å². The summed E-state index contributed by atoms with van der Waals surface area (Å²) in [5.41, 5.74) is 2.33. The fourth-order valence-electron chi connectivity index (χ4n) is 2.82. The van der Waals surface area contributed by atoms with Gasteiger partial charge in [-0.15, -0.1) is 0 Å². The van der Waals surface area contributed by atoms with Crippen LogP contribution >= 0.6 is 0 Å². The molecule has 0 aromatic heterocycles. The molecule has 116 valence electrons. The Kier molecular flexibility index (Phi) is 5.37. The van der Waals surface area contributed by atoms with Gasteiger partial charge in [0.2, 0.25) is 5.91 Å². The molecule has 3 N–H and O–H groups in total. The molecule has 0 radical (unpaired) electrons. The van der Waals surface area contributed by atoms with E-state index in [1.54, 1.807) is 0 Å². The number of hydrogen-bond acceptors (Lipinski definition) is 3. The second-order valence-electron chi connectivity index (χ2n) is 5.99. The SMILES string of the molecule is CCC(CC)(CO)CNC(=O)[C@@H]1Cc2ccccc2CN1. The third kappa shape index (κ3) is 3.63. The first-order valence-electron chi connectivity index (χ1n) is 7.83. The molecule has 1 atom stereocenters. The molecule has 1 aliphatic rings. The molecule has 1 heterocycles. The van der Waals surface area contributed by atoms with Crippen molar-refractivity contribution in [1.29, 1.82) is 0 Å². The van der Waals surface area contributed by atoms with Crippen LogP contribution in [0.1, 0.15) is 37.8 Å². The van der Waals surface area contributed by atoms with Crippen molar-refractivity contribution in [1.82, 2.24) is 10.6 Å². The average Bonchev–Trinajstić information content (AvgIpc) is 2.56. The van der Waals surface area contributed by atoms with E-state index in [9.17, 15) is 9.90 Å². The Morgan fingerprint density at radius 3 is 2.62 bits per heavy atom. The highest BCUT2D eigenvalue weighted by Gasteiger charge is 2.29. The van der Waals surface area contributed by atoms with E-state index in [2.05, 4.69) is 36.6 Å². The Labute approximate surface area is 126 Å². The third-order valence-corrected chi connectivity index (χ3v) is 4.87. The van der Waals surface area contributed by atoms with Gasteiger partial charge in [0, 0.05) is 18.5 Å². The molecule has 1 amide bonds. The van der Waals surface area contributed by atoms with Crippen molar-refractivity contribution in [3.63, 3.8) is 0 Å².